The van der Waals surface area contributed by atoms with Gasteiger partial charge >= 0.3 is 5.97 Å². The van der Waals surface area contributed by atoms with Crippen LogP contribution in [-0.4, -0.2) is 36.7 Å². The maximum Gasteiger partial charge on any atom is 0.337 e. The van der Waals surface area contributed by atoms with Crippen LogP contribution in [0.2, 0.25) is 0 Å². The first-order valence-corrected chi connectivity index (χ1v) is 10.5. The number of aliphatic hydroxyl groups is 1. The second-order valence-corrected chi connectivity index (χ2v) is 10.6. The lowest BCUT2D eigenvalue weighted by Crippen LogP contribution is -2.45. The van der Waals surface area contributed by atoms with Gasteiger partial charge in [-0.3, -0.25) is 0 Å². The van der Waals surface area contributed by atoms with Crippen molar-refractivity contribution >= 4 is 27.3 Å². The number of sulfonamides is 1. The molecule has 1 saturated heterocycles. The lowest BCUT2D eigenvalue weighted by molar-refractivity contribution is -0.140. The predicted molar refractivity (Wildman–Crippen MR) is 94.8 cm³/mol. The first-order chi connectivity index (χ1) is 11.5. The number of hydrogen-bond donors (Lipinski definition) is 2. The van der Waals surface area contributed by atoms with Gasteiger partial charge in [-0.1, -0.05) is 13.0 Å². The molecule has 2 heterocycles. The molecular weight excluding hydrogens is 362 g/mol. The fraction of sp³-hybridized carbons (Fsp3) is 0.588. The summed E-state index contributed by atoms with van der Waals surface area (Å²) in [5.41, 5.74) is -2.25. The summed E-state index contributed by atoms with van der Waals surface area (Å²) in [5, 5.41) is 11.0. The highest BCUT2D eigenvalue weighted by Crippen LogP contribution is 2.48. The Balaban J connectivity index is 1.92. The molecule has 8 heteroatoms. The van der Waals surface area contributed by atoms with E-state index in [2.05, 4.69) is 4.72 Å². The van der Waals surface area contributed by atoms with E-state index in [1.54, 1.807) is 26.0 Å². The Morgan fingerprint density at radius 2 is 2.08 bits per heavy atom. The molecule has 1 unspecified atom stereocenters. The topological polar surface area (TPSA) is 92.7 Å². The molecule has 1 aromatic heterocycles. The van der Waals surface area contributed by atoms with E-state index >= 15 is 0 Å². The highest BCUT2D eigenvalue weighted by molar-refractivity contribution is 7.91. The maximum absolute atomic E-state index is 12.6. The number of thiophene rings is 1. The highest BCUT2D eigenvalue weighted by atomic mass is 32.2. The van der Waals surface area contributed by atoms with E-state index in [1.165, 1.54) is 17.4 Å². The molecule has 2 N–H and O–H groups in total. The molecule has 0 aromatic carbocycles. The monoisotopic (exact) mass is 385 g/mol. The molecule has 138 valence electrons. The number of carbonyl (C=O) groups is 1. The van der Waals surface area contributed by atoms with Crippen molar-refractivity contribution in [3.8, 4) is 0 Å². The molecule has 2 fully saturated rings. The first kappa shape index (κ1) is 18.6. The molecule has 1 saturated carbocycles. The van der Waals surface area contributed by atoms with Crippen molar-refractivity contribution in [3.05, 3.63) is 28.7 Å². The third-order valence-electron chi connectivity index (χ3n) is 4.89. The van der Waals surface area contributed by atoms with Crippen LogP contribution < -0.4 is 4.72 Å². The average molecular weight is 386 g/mol. The van der Waals surface area contributed by atoms with E-state index in [1.807, 2.05) is 13.8 Å². The van der Waals surface area contributed by atoms with E-state index in [0.717, 1.165) is 11.3 Å². The van der Waals surface area contributed by atoms with Crippen LogP contribution in [0.15, 0.2) is 28.0 Å². The smallest absolute Gasteiger partial charge is 0.337 e. The van der Waals surface area contributed by atoms with Crippen molar-refractivity contribution in [2.45, 2.75) is 62.0 Å². The van der Waals surface area contributed by atoms with Gasteiger partial charge in [0.25, 0.3) is 10.0 Å². The summed E-state index contributed by atoms with van der Waals surface area (Å²) >= 11 is 1.18. The number of fused-ring (bicyclic) bond motifs is 1. The summed E-state index contributed by atoms with van der Waals surface area (Å²) in [6, 6.07) is 3.30. The van der Waals surface area contributed by atoms with Crippen LogP contribution in [0.1, 0.15) is 38.5 Å². The van der Waals surface area contributed by atoms with E-state index in [4.69, 9.17) is 4.74 Å². The van der Waals surface area contributed by atoms with Crippen molar-refractivity contribution in [1.82, 2.24) is 4.72 Å². The SMILES string of the molecule is Cc1ccc(S(=O)(=O)NC(C)(C)/C=C2/C(=O)O[C@@H]3CCC(C)[C@]23O)s1. The number of ether oxygens (including phenoxy) is 1. The molecule has 25 heavy (non-hydrogen) atoms. The number of carbonyl (C=O) groups excluding carboxylic acids is 1. The van der Waals surface area contributed by atoms with Gasteiger partial charge in [-0.2, -0.15) is 0 Å². The number of aryl methyl sites for hydroxylation is 1. The Morgan fingerprint density at radius 1 is 1.40 bits per heavy atom. The zero-order valence-electron chi connectivity index (χ0n) is 14.7. The molecule has 1 aromatic rings. The van der Waals surface area contributed by atoms with Crippen LogP contribution in [0.4, 0.5) is 0 Å². The van der Waals surface area contributed by atoms with Crippen LogP contribution in [0, 0.1) is 12.8 Å². The summed E-state index contributed by atoms with van der Waals surface area (Å²) in [5.74, 6) is -0.694. The van der Waals surface area contributed by atoms with Crippen molar-refractivity contribution in [1.29, 1.82) is 0 Å². The lowest BCUT2D eigenvalue weighted by Gasteiger charge is -2.29. The Morgan fingerprint density at radius 3 is 2.68 bits per heavy atom. The van der Waals surface area contributed by atoms with E-state index in [9.17, 15) is 18.3 Å². The molecule has 0 radical (unpaired) electrons. The van der Waals surface area contributed by atoms with Gasteiger partial charge in [0, 0.05) is 10.4 Å². The van der Waals surface area contributed by atoms with Gasteiger partial charge in [0.05, 0.1) is 5.57 Å². The molecular formula is C17H23NO5S2. The average Bonchev–Trinajstić information content (AvgIpc) is 3.09. The third-order valence-corrected chi connectivity index (χ3v) is 8.05. The minimum absolute atomic E-state index is 0.123. The van der Waals surface area contributed by atoms with Crippen molar-refractivity contribution in [2.24, 2.45) is 5.92 Å². The largest absolute Gasteiger partial charge is 0.455 e. The molecule has 6 nitrogen and oxygen atoms in total. The Kier molecular flexibility index (Phi) is 4.39. The normalized spacial score (nSPS) is 31.4. The van der Waals surface area contributed by atoms with Gasteiger partial charge < -0.3 is 9.84 Å². The summed E-state index contributed by atoms with van der Waals surface area (Å²) in [6.45, 7) is 7.02. The zero-order chi connectivity index (χ0) is 18.6. The van der Waals surface area contributed by atoms with Gasteiger partial charge in [-0.25, -0.2) is 17.9 Å². The zero-order valence-corrected chi connectivity index (χ0v) is 16.3. The molecule has 0 amide bonds. The van der Waals surface area contributed by atoms with Crippen LogP contribution in [-0.2, 0) is 19.6 Å². The molecule has 3 rings (SSSR count). The van der Waals surface area contributed by atoms with Gasteiger partial charge in [0.2, 0.25) is 0 Å². The van der Waals surface area contributed by atoms with Gasteiger partial charge in [-0.15, -0.1) is 11.3 Å². The number of nitrogens with one attached hydrogen (secondary N) is 1. The number of rotatable bonds is 4. The summed E-state index contributed by atoms with van der Waals surface area (Å²) in [7, 11) is -3.72. The summed E-state index contributed by atoms with van der Waals surface area (Å²) in [6.07, 6.45) is 2.32. The Labute approximate surface area is 151 Å². The molecule has 3 atom stereocenters. The van der Waals surface area contributed by atoms with Crippen molar-refractivity contribution < 1.29 is 23.1 Å². The molecule has 0 bridgehead atoms. The highest BCUT2D eigenvalue weighted by Gasteiger charge is 2.59. The Bertz CT molecular complexity index is 839. The standard InChI is InChI=1S/C17H23NO5S2/c1-10-5-7-13-17(10,20)12(15(19)23-13)9-16(3,4)18-25(21,22)14-8-6-11(2)24-14/h6,8-10,13,18,20H,5,7H2,1-4H3/b12-9-/t10?,13-,17+/m1/s1. The van der Waals surface area contributed by atoms with Crippen LogP contribution in [0.3, 0.4) is 0 Å². The summed E-state index contributed by atoms with van der Waals surface area (Å²) < 4.78 is 33.3. The van der Waals surface area contributed by atoms with Crippen LogP contribution >= 0.6 is 11.3 Å². The van der Waals surface area contributed by atoms with Crippen LogP contribution in [0.5, 0.6) is 0 Å². The van der Waals surface area contributed by atoms with Crippen molar-refractivity contribution in [2.75, 3.05) is 0 Å². The van der Waals surface area contributed by atoms with Crippen LogP contribution in [0.25, 0.3) is 0 Å². The van der Waals surface area contributed by atoms with Crippen molar-refractivity contribution in [3.63, 3.8) is 0 Å². The number of hydrogen-bond acceptors (Lipinski definition) is 6. The second-order valence-electron chi connectivity index (χ2n) is 7.45. The first-order valence-electron chi connectivity index (χ1n) is 8.23. The molecule has 1 aliphatic heterocycles. The summed E-state index contributed by atoms with van der Waals surface area (Å²) in [4.78, 5) is 13.1. The third kappa shape index (κ3) is 3.16. The Hall–Kier alpha value is -1.22. The fourth-order valence-corrected chi connectivity index (χ4v) is 6.27. The van der Waals surface area contributed by atoms with Gasteiger partial charge in [-0.05, 0) is 51.7 Å². The van der Waals surface area contributed by atoms with Gasteiger partial charge in [0.1, 0.15) is 15.9 Å². The lowest BCUT2D eigenvalue weighted by atomic mass is 9.83. The second kappa shape index (κ2) is 5.90. The number of esters is 1. The maximum atomic E-state index is 12.6. The molecule has 2 aliphatic rings. The quantitative estimate of drug-likeness (QED) is 0.612. The molecule has 1 aliphatic carbocycles. The van der Waals surface area contributed by atoms with E-state index < -0.39 is 33.2 Å². The minimum atomic E-state index is -3.72. The molecule has 0 spiro atoms. The minimum Gasteiger partial charge on any atom is -0.455 e. The van der Waals surface area contributed by atoms with Gasteiger partial charge in [0.15, 0.2) is 0 Å². The predicted octanol–water partition coefficient (Wildman–Crippen LogP) is 2.13. The fourth-order valence-electron chi connectivity index (χ4n) is 3.62. The van der Waals surface area contributed by atoms with E-state index in [0.29, 0.717) is 6.42 Å². The van der Waals surface area contributed by atoms with E-state index in [-0.39, 0.29) is 15.7 Å².